The van der Waals surface area contributed by atoms with Crippen molar-refractivity contribution in [1.29, 1.82) is 0 Å². The fourth-order valence-electron chi connectivity index (χ4n) is 1.92. The molecule has 0 spiro atoms. The predicted molar refractivity (Wildman–Crippen MR) is 71.9 cm³/mol. The van der Waals surface area contributed by atoms with E-state index in [4.69, 9.17) is 4.74 Å². The highest BCUT2D eigenvalue weighted by molar-refractivity contribution is 5.82. The lowest BCUT2D eigenvalue weighted by atomic mass is 10.2. The molecule has 3 rings (SSSR count). The summed E-state index contributed by atoms with van der Waals surface area (Å²) in [6, 6.07) is 9.75. The summed E-state index contributed by atoms with van der Waals surface area (Å²) in [5.74, 6) is 0.645. The molecule has 5 heteroatoms. The summed E-state index contributed by atoms with van der Waals surface area (Å²) in [5.41, 5.74) is 0.902. The Morgan fingerprint density at radius 1 is 1.11 bits per heavy atom. The Morgan fingerprint density at radius 3 is 2.95 bits per heavy atom. The van der Waals surface area contributed by atoms with Crippen LogP contribution in [0, 0.1) is 0 Å². The second-order valence-electron chi connectivity index (χ2n) is 4.17. The van der Waals surface area contributed by atoms with Gasteiger partial charge in [-0.05, 0) is 18.2 Å². The van der Waals surface area contributed by atoms with Crippen molar-refractivity contribution in [1.82, 2.24) is 19.7 Å². The van der Waals surface area contributed by atoms with Crippen molar-refractivity contribution >= 4 is 10.9 Å². The van der Waals surface area contributed by atoms with Crippen molar-refractivity contribution < 1.29 is 4.74 Å². The lowest BCUT2D eigenvalue weighted by Crippen LogP contribution is -2.06. The van der Waals surface area contributed by atoms with E-state index in [9.17, 15) is 0 Å². The van der Waals surface area contributed by atoms with Gasteiger partial charge in [-0.15, -0.1) is 0 Å². The van der Waals surface area contributed by atoms with Crippen LogP contribution in [0.25, 0.3) is 10.9 Å². The number of rotatable bonds is 5. The fraction of sp³-hybridized carbons (Fsp3) is 0.214. The van der Waals surface area contributed by atoms with Gasteiger partial charge in [-0.1, -0.05) is 12.1 Å². The van der Waals surface area contributed by atoms with Crippen molar-refractivity contribution in [3.8, 4) is 5.88 Å². The molecule has 0 bridgehead atoms. The van der Waals surface area contributed by atoms with Crippen molar-refractivity contribution in [3.63, 3.8) is 0 Å². The zero-order valence-corrected chi connectivity index (χ0v) is 10.4. The molecule has 0 amide bonds. The van der Waals surface area contributed by atoms with E-state index in [1.807, 2.05) is 41.2 Å². The van der Waals surface area contributed by atoms with Crippen LogP contribution in [0.3, 0.4) is 0 Å². The number of hydrogen-bond donors (Lipinski definition) is 0. The summed E-state index contributed by atoms with van der Waals surface area (Å²) in [4.78, 5) is 8.39. The van der Waals surface area contributed by atoms with Crippen LogP contribution >= 0.6 is 0 Å². The smallest absolute Gasteiger partial charge is 0.224 e. The quantitative estimate of drug-likeness (QED) is 0.655. The van der Waals surface area contributed by atoms with Crippen molar-refractivity contribution in [2.45, 2.75) is 13.0 Å². The van der Waals surface area contributed by atoms with E-state index in [-0.39, 0.29) is 0 Å². The van der Waals surface area contributed by atoms with Crippen molar-refractivity contribution in [2.24, 2.45) is 0 Å². The van der Waals surface area contributed by atoms with Gasteiger partial charge in [-0.3, -0.25) is 4.68 Å². The molecule has 19 heavy (non-hydrogen) atoms. The highest BCUT2D eigenvalue weighted by atomic mass is 16.5. The maximum absolute atomic E-state index is 5.73. The first-order valence-corrected chi connectivity index (χ1v) is 6.23. The van der Waals surface area contributed by atoms with Gasteiger partial charge >= 0.3 is 0 Å². The van der Waals surface area contributed by atoms with E-state index in [1.54, 1.807) is 6.20 Å². The Labute approximate surface area is 110 Å². The summed E-state index contributed by atoms with van der Waals surface area (Å²) in [5, 5.41) is 5.09. The fourth-order valence-corrected chi connectivity index (χ4v) is 1.92. The summed E-state index contributed by atoms with van der Waals surface area (Å²) >= 11 is 0. The summed E-state index contributed by atoms with van der Waals surface area (Å²) in [6.07, 6.45) is 6.14. The molecule has 3 aromatic rings. The lowest BCUT2D eigenvalue weighted by Gasteiger charge is -2.07. The molecule has 0 saturated heterocycles. The van der Waals surface area contributed by atoms with Crippen LogP contribution in [-0.2, 0) is 6.54 Å². The lowest BCUT2D eigenvalue weighted by molar-refractivity contribution is 0.291. The summed E-state index contributed by atoms with van der Waals surface area (Å²) in [7, 11) is 0. The Morgan fingerprint density at radius 2 is 2.05 bits per heavy atom. The summed E-state index contributed by atoms with van der Waals surface area (Å²) < 4.78 is 7.62. The maximum Gasteiger partial charge on any atom is 0.224 e. The van der Waals surface area contributed by atoms with E-state index < -0.39 is 0 Å². The first-order valence-electron chi connectivity index (χ1n) is 6.23. The second-order valence-corrected chi connectivity index (χ2v) is 4.17. The average Bonchev–Trinajstić information content (AvgIpc) is 2.97. The topological polar surface area (TPSA) is 52.8 Å². The molecule has 0 N–H and O–H groups in total. The van der Waals surface area contributed by atoms with E-state index in [1.165, 1.54) is 6.33 Å². The van der Waals surface area contributed by atoms with Gasteiger partial charge in [0.15, 0.2) is 0 Å². The highest BCUT2D eigenvalue weighted by Crippen LogP contribution is 2.20. The molecule has 0 radical (unpaired) electrons. The van der Waals surface area contributed by atoms with Gasteiger partial charge < -0.3 is 4.74 Å². The standard InChI is InChI=1S/C14H14N4O/c1-2-6-13-12(5-1)14(16-11-15-13)19-10-4-9-18-8-3-7-17-18/h1-3,5-8,11H,4,9-10H2. The number of hydrogen-bond acceptors (Lipinski definition) is 4. The Balaban J connectivity index is 1.62. The van der Waals surface area contributed by atoms with E-state index in [0.29, 0.717) is 12.5 Å². The monoisotopic (exact) mass is 254 g/mol. The molecule has 1 aromatic carbocycles. The van der Waals surface area contributed by atoms with Gasteiger partial charge in [0.05, 0.1) is 17.5 Å². The molecular weight excluding hydrogens is 240 g/mol. The number of aromatic nitrogens is 4. The number of para-hydroxylation sites is 1. The van der Waals surface area contributed by atoms with Crippen LogP contribution in [0.15, 0.2) is 49.1 Å². The zero-order chi connectivity index (χ0) is 12.9. The third-order valence-corrected chi connectivity index (χ3v) is 2.84. The first-order chi connectivity index (χ1) is 9.43. The van der Waals surface area contributed by atoms with Gasteiger partial charge in [0.1, 0.15) is 6.33 Å². The van der Waals surface area contributed by atoms with Crippen LogP contribution < -0.4 is 4.74 Å². The third kappa shape index (κ3) is 2.70. The first kappa shape index (κ1) is 11.6. The Hall–Kier alpha value is -2.43. The van der Waals surface area contributed by atoms with Crippen LogP contribution in [0.2, 0.25) is 0 Å². The molecule has 0 aliphatic rings. The molecule has 5 nitrogen and oxygen atoms in total. The molecule has 2 aromatic heterocycles. The molecule has 0 aliphatic carbocycles. The van der Waals surface area contributed by atoms with E-state index >= 15 is 0 Å². The second kappa shape index (κ2) is 5.48. The highest BCUT2D eigenvalue weighted by Gasteiger charge is 2.03. The molecule has 0 atom stereocenters. The minimum absolute atomic E-state index is 0.612. The molecule has 2 heterocycles. The van der Waals surface area contributed by atoms with Gasteiger partial charge in [0.25, 0.3) is 0 Å². The van der Waals surface area contributed by atoms with Crippen LogP contribution in [0.5, 0.6) is 5.88 Å². The van der Waals surface area contributed by atoms with Crippen molar-refractivity contribution in [2.75, 3.05) is 6.61 Å². The number of nitrogens with zero attached hydrogens (tertiary/aromatic N) is 4. The molecule has 0 unspecified atom stereocenters. The number of aryl methyl sites for hydroxylation is 1. The summed E-state index contributed by atoms with van der Waals surface area (Å²) in [6.45, 7) is 1.46. The van der Waals surface area contributed by atoms with Gasteiger partial charge in [0, 0.05) is 25.4 Å². The normalized spacial score (nSPS) is 10.7. The minimum Gasteiger partial charge on any atom is -0.477 e. The van der Waals surface area contributed by atoms with Crippen molar-refractivity contribution in [3.05, 3.63) is 49.1 Å². The SMILES string of the molecule is c1ccc2c(OCCCn3cccn3)ncnc2c1. The largest absolute Gasteiger partial charge is 0.477 e. The number of benzene rings is 1. The third-order valence-electron chi connectivity index (χ3n) is 2.84. The van der Waals surface area contributed by atoms with E-state index in [0.717, 1.165) is 23.9 Å². The Bertz CT molecular complexity index is 646. The molecule has 0 saturated carbocycles. The van der Waals surface area contributed by atoms with Gasteiger partial charge in [-0.25, -0.2) is 9.97 Å². The molecular formula is C14H14N4O. The average molecular weight is 254 g/mol. The Kier molecular flexibility index (Phi) is 3.36. The van der Waals surface area contributed by atoms with Crippen LogP contribution in [0.1, 0.15) is 6.42 Å². The van der Waals surface area contributed by atoms with Crippen LogP contribution in [0.4, 0.5) is 0 Å². The van der Waals surface area contributed by atoms with Gasteiger partial charge in [0.2, 0.25) is 5.88 Å². The molecule has 0 fully saturated rings. The predicted octanol–water partition coefficient (Wildman–Crippen LogP) is 2.30. The number of fused-ring (bicyclic) bond motifs is 1. The molecule has 0 aliphatic heterocycles. The maximum atomic E-state index is 5.73. The van der Waals surface area contributed by atoms with Gasteiger partial charge in [-0.2, -0.15) is 5.10 Å². The zero-order valence-electron chi connectivity index (χ0n) is 10.4. The number of ether oxygens (including phenoxy) is 1. The minimum atomic E-state index is 0.612. The van der Waals surface area contributed by atoms with Crippen LogP contribution in [-0.4, -0.2) is 26.4 Å². The molecule has 96 valence electrons. The van der Waals surface area contributed by atoms with E-state index in [2.05, 4.69) is 15.1 Å².